The van der Waals surface area contributed by atoms with Gasteiger partial charge in [-0.2, -0.15) is 0 Å². The number of anilines is 3. The first-order chi connectivity index (χ1) is 18.2. The normalized spacial score (nSPS) is 19.9. The van der Waals surface area contributed by atoms with Gasteiger partial charge >= 0.3 is 0 Å². The average molecular weight is 489 g/mol. The van der Waals surface area contributed by atoms with E-state index >= 15 is 0 Å². The van der Waals surface area contributed by atoms with E-state index in [-0.39, 0.29) is 11.9 Å². The molecular formula is C30H28N6O. The van der Waals surface area contributed by atoms with E-state index in [2.05, 4.69) is 50.2 Å². The smallest absolute Gasteiger partial charge is 0.266 e. The monoisotopic (exact) mass is 488 g/mol. The second-order valence-corrected chi connectivity index (χ2v) is 10.00. The average Bonchev–Trinajstić information content (AvgIpc) is 3.63. The topological polar surface area (TPSA) is 65.8 Å². The molecule has 4 heterocycles. The number of carbonyl (C=O) groups is 1. The van der Waals surface area contributed by atoms with Gasteiger partial charge in [0.05, 0.1) is 23.5 Å². The molecule has 0 radical (unpaired) electrons. The number of nitrogens with zero attached hydrogens (tertiary/aromatic N) is 5. The van der Waals surface area contributed by atoms with Crippen molar-refractivity contribution in [3.05, 3.63) is 96.3 Å². The number of aliphatic imine (C=N–C) groups is 1. The molecule has 1 fully saturated rings. The third-order valence-electron chi connectivity index (χ3n) is 7.71. The Morgan fingerprint density at radius 3 is 2.57 bits per heavy atom. The molecule has 2 aliphatic heterocycles. The SMILES string of the molecule is CN1C(=O)c2c(cn(Cc3ccc(-c4ccccn4)cc3)c2Nc2ccccc2)N2C1=NC1CCCC12. The van der Waals surface area contributed by atoms with Crippen molar-refractivity contribution in [3.8, 4) is 11.3 Å². The van der Waals surface area contributed by atoms with E-state index < -0.39 is 0 Å². The molecule has 0 bridgehead atoms. The molecule has 7 rings (SSSR count). The molecule has 37 heavy (non-hydrogen) atoms. The second kappa shape index (κ2) is 8.62. The summed E-state index contributed by atoms with van der Waals surface area (Å²) in [7, 11) is 1.85. The standard InChI is InChI=1S/C30H28N6O/c1-34-29(37)27-26(36-25-12-7-11-24(25)33-30(34)36)19-35(28(27)32-22-8-3-2-4-9-22)18-20-13-15-21(16-14-20)23-10-5-6-17-31-23/h2-6,8-10,13-17,19,24-25,32H,7,11-12,18H2,1H3. The van der Waals surface area contributed by atoms with E-state index in [1.165, 1.54) is 6.42 Å². The van der Waals surface area contributed by atoms with E-state index in [9.17, 15) is 4.79 Å². The third-order valence-corrected chi connectivity index (χ3v) is 7.71. The summed E-state index contributed by atoms with van der Waals surface area (Å²) in [5.74, 6) is 1.58. The molecule has 7 nitrogen and oxygen atoms in total. The minimum absolute atomic E-state index is 0.0207. The van der Waals surface area contributed by atoms with Crippen molar-refractivity contribution in [3.63, 3.8) is 0 Å². The van der Waals surface area contributed by atoms with Crippen molar-refractivity contribution >= 4 is 29.1 Å². The van der Waals surface area contributed by atoms with Crippen LogP contribution < -0.4 is 10.2 Å². The second-order valence-electron chi connectivity index (χ2n) is 10.00. The van der Waals surface area contributed by atoms with E-state index in [1.54, 1.807) is 4.90 Å². The van der Waals surface area contributed by atoms with Crippen LogP contribution >= 0.6 is 0 Å². The fourth-order valence-electron chi connectivity index (χ4n) is 5.89. The molecule has 0 saturated heterocycles. The van der Waals surface area contributed by atoms with Crippen LogP contribution in [0.25, 0.3) is 11.3 Å². The summed E-state index contributed by atoms with van der Waals surface area (Å²) >= 11 is 0. The van der Waals surface area contributed by atoms with E-state index in [4.69, 9.17) is 4.99 Å². The number of hydrogen-bond donors (Lipinski definition) is 1. The number of fused-ring (bicyclic) bond motifs is 5. The van der Waals surface area contributed by atoms with Gasteiger partial charge in [-0.25, -0.2) is 4.99 Å². The lowest BCUT2D eigenvalue weighted by atomic mass is 10.1. The number of amides is 1. The molecule has 1 N–H and O–H groups in total. The highest BCUT2D eigenvalue weighted by Crippen LogP contribution is 2.44. The molecule has 184 valence electrons. The van der Waals surface area contributed by atoms with Crippen molar-refractivity contribution in [2.24, 2.45) is 4.99 Å². The molecule has 0 spiro atoms. The van der Waals surface area contributed by atoms with Gasteiger partial charge in [-0.15, -0.1) is 0 Å². The van der Waals surface area contributed by atoms with Gasteiger partial charge in [0.25, 0.3) is 5.91 Å². The summed E-state index contributed by atoms with van der Waals surface area (Å²) in [5, 5.41) is 3.57. The Balaban J connectivity index is 1.30. The van der Waals surface area contributed by atoms with Gasteiger partial charge in [-0.3, -0.25) is 14.7 Å². The van der Waals surface area contributed by atoms with Crippen LogP contribution in [0.5, 0.6) is 0 Å². The third kappa shape index (κ3) is 3.61. The number of benzene rings is 2. The summed E-state index contributed by atoms with van der Waals surface area (Å²) in [6.45, 7) is 0.635. The highest BCUT2D eigenvalue weighted by atomic mass is 16.2. The van der Waals surface area contributed by atoms with Crippen molar-refractivity contribution in [1.29, 1.82) is 0 Å². The molecule has 2 unspecified atom stereocenters. The molecule has 2 aromatic heterocycles. The molecule has 3 aliphatic rings. The number of guanidine groups is 1. The van der Waals surface area contributed by atoms with Gasteiger partial charge in [-0.05, 0) is 49.1 Å². The number of para-hydroxylation sites is 1. The maximum Gasteiger partial charge on any atom is 0.266 e. The largest absolute Gasteiger partial charge is 0.341 e. The van der Waals surface area contributed by atoms with Crippen LogP contribution in [-0.2, 0) is 6.54 Å². The Bertz CT molecular complexity index is 1490. The molecule has 1 saturated carbocycles. The van der Waals surface area contributed by atoms with Gasteiger partial charge in [0.1, 0.15) is 11.4 Å². The summed E-state index contributed by atoms with van der Waals surface area (Å²) < 4.78 is 2.17. The number of nitrogens with one attached hydrogen (secondary N) is 1. The van der Waals surface area contributed by atoms with Crippen molar-refractivity contribution in [1.82, 2.24) is 14.5 Å². The zero-order chi connectivity index (χ0) is 24.9. The lowest BCUT2D eigenvalue weighted by molar-refractivity contribution is 0.0866. The Morgan fingerprint density at radius 2 is 1.78 bits per heavy atom. The van der Waals surface area contributed by atoms with Crippen LogP contribution in [0.3, 0.4) is 0 Å². The Kier molecular flexibility index (Phi) is 5.09. The fourth-order valence-corrected chi connectivity index (χ4v) is 5.89. The van der Waals surface area contributed by atoms with Crippen molar-refractivity contribution < 1.29 is 4.79 Å². The maximum absolute atomic E-state index is 13.7. The number of aromatic nitrogens is 2. The summed E-state index contributed by atoms with van der Waals surface area (Å²) in [5.41, 5.74) is 5.81. The van der Waals surface area contributed by atoms with Gasteiger partial charge in [-0.1, -0.05) is 48.5 Å². The van der Waals surface area contributed by atoms with E-state index in [1.807, 2.05) is 61.8 Å². The maximum atomic E-state index is 13.7. The van der Waals surface area contributed by atoms with Gasteiger partial charge < -0.3 is 14.8 Å². The van der Waals surface area contributed by atoms with Crippen LogP contribution in [-0.4, -0.2) is 45.4 Å². The summed E-state index contributed by atoms with van der Waals surface area (Å²) in [6, 6.07) is 25.1. The lowest BCUT2D eigenvalue weighted by Gasteiger charge is -2.35. The highest BCUT2D eigenvalue weighted by molar-refractivity contribution is 6.22. The molecule has 1 amide bonds. The Morgan fingerprint density at radius 1 is 0.973 bits per heavy atom. The molecule has 2 aromatic carbocycles. The fraction of sp³-hybridized carbons (Fsp3) is 0.233. The van der Waals surface area contributed by atoms with E-state index in [0.29, 0.717) is 18.2 Å². The highest BCUT2D eigenvalue weighted by Gasteiger charge is 2.48. The van der Waals surface area contributed by atoms with Crippen LogP contribution in [0.1, 0.15) is 35.2 Å². The zero-order valence-electron chi connectivity index (χ0n) is 20.7. The predicted octanol–water partition coefficient (Wildman–Crippen LogP) is 5.52. The number of hydrogen-bond acceptors (Lipinski definition) is 5. The van der Waals surface area contributed by atoms with Crippen molar-refractivity contribution in [2.45, 2.75) is 37.9 Å². The predicted molar refractivity (Wildman–Crippen MR) is 146 cm³/mol. The summed E-state index contributed by atoms with van der Waals surface area (Å²) in [6.07, 6.45) is 7.30. The van der Waals surface area contributed by atoms with Gasteiger partial charge in [0, 0.05) is 37.2 Å². The number of rotatable bonds is 5. The first-order valence-electron chi connectivity index (χ1n) is 12.9. The minimum atomic E-state index is -0.0207. The van der Waals surface area contributed by atoms with E-state index in [0.717, 1.165) is 52.8 Å². The molecule has 1 aliphatic carbocycles. The Hall–Kier alpha value is -4.39. The van der Waals surface area contributed by atoms with Crippen LogP contribution in [0.2, 0.25) is 0 Å². The molecular weight excluding hydrogens is 460 g/mol. The quantitative estimate of drug-likeness (QED) is 0.402. The van der Waals surface area contributed by atoms with Crippen LogP contribution in [0, 0.1) is 0 Å². The van der Waals surface area contributed by atoms with Crippen LogP contribution in [0.15, 0.2) is 90.2 Å². The first kappa shape index (κ1) is 21.9. The van der Waals surface area contributed by atoms with Crippen LogP contribution in [0.4, 0.5) is 17.2 Å². The molecule has 2 atom stereocenters. The minimum Gasteiger partial charge on any atom is -0.341 e. The zero-order valence-corrected chi connectivity index (χ0v) is 20.7. The first-order valence-corrected chi connectivity index (χ1v) is 12.9. The Labute approximate surface area is 216 Å². The van der Waals surface area contributed by atoms with Crippen molar-refractivity contribution in [2.75, 3.05) is 17.3 Å². The number of pyridine rings is 1. The molecule has 4 aromatic rings. The van der Waals surface area contributed by atoms with Gasteiger partial charge in [0.2, 0.25) is 5.96 Å². The summed E-state index contributed by atoms with van der Waals surface area (Å²) in [4.78, 5) is 27.2. The number of carbonyl (C=O) groups excluding carboxylic acids is 1. The molecule has 7 heteroatoms. The van der Waals surface area contributed by atoms with Gasteiger partial charge in [0.15, 0.2) is 0 Å². The lowest BCUT2D eigenvalue weighted by Crippen LogP contribution is -2.51.